The minimum absolute atomic E-state index is 0.0458. The van der Waals surface area contributed by atoms with Gasteiger partial charge in [0.1, 0.15) is 9.84 Å². The molecule has 2 rings (SSSR count). The van der Waals surface area contributed by atoms with Gasteiger partial charge in [-0.25, -0.2) is 8.42 Å². The van der Waals surface area contributed by atoms with Gasteiger partial charge in [-0.1, -0.05) is 6.07 Å². The third kappa shape index (κ3) is 3.07. The highest BCUT2D eigenvalue weighted by molar-refractivity contribution is 7.90. The molecule has 0 spiro atoms. The van der Waals surface area contributed by atoms with Crippen molar-refractivity contribution in [2.45, 2.75) is 31.2 Å². The summed E-state index contributed by atoms with van der Waals surface area (Å²) in [7, 11) is -3.06. The van der Waals surface area contributed by atoms with E-state index in [1.807, 2.05) is 6.07 Å². The highest BCUT2D eigenvalue weighted by atomic mass is 32.2. The highest BCUT2D eigenvalue weighted by Crippen LogP contribution is 2.32. The molecule has 18 heavy (non-hydrogen) atoms. The van der Waals surface area contributed by atoms with Gasteiger partial charge in [-0.05, 0) is 30.9 Å². The van der Waals surface area contributed by atoms with Gasteiger partial charge in [0.2, 0.25) is 0 Å². The lowest BCUT2D eigenvalue weighted by Crippen LogP contribution is -2.45. The first kappa shape index (κ1) is 13.5. The Balaban J connectivity index is 2.28. The van der Waals surface area contributed by atoms with Crippen molar-refractivity contribution < 1.29 is 8.42 Å². The van der Waals surface area contributed by atoms with Crippen molar-refractivity contribution in [3.8, 4) is 0 Å². The molecule has 0 radical (unpaired) electrons. The number of sulfone groups is 1. The zero-order chi connectivity index (χ0) is 13.2. The van der Waals surface area contributed by atoms with Crippen LogP contribution in [0.25, 0.3) is 0 Å². The van der Waals surface area contributed by atoms with Crippen molar-refractivity contribution in [3.05, 3.63) is 29.6 Å². The van der Waals surface area contributed by atoms with Crippen LogP contribution in [0.3, 0.4) is 0 Å². The molecule has 1 heterocycles. The number of hydrogen-bond acceptors (Lipinski definition) is 5. The Bertz CT molecular complexity index is 516. The first-order valence-electron chi connectivity index (χ1n) is 6.09. The number of fused-ring (bicyclic) bond motifs is 1. The lowest BCUT2D eigenvalue weighted by atomic mass is 9.83. The van der Waals surface area contributed by atoms with Crippen molar-refractivity contribution in [2.24, 2.45) is 5.84 Å². The Labute approximate surface area is 108 Å². The zero-order valence-electron chi connectivity index (χ0n) is 10.5. The van der Waals surface area contributed by atoms with E-state index in [9.17, 15) is 8.42 Å². The molecule has 2 unspecified atom stereocenters. The standard InChI is InChI=1S/C12H19N3O2S/c1-18(16,17)8-11(15-13)10-6-2-4-9-5-3-7-14-12(9)10/h3,5,7,10-11,15H,2,4,6,8,13H2,1H3. The van der Waals surface area contributed by atoms with E-state index in [1.165, 1.54) is 11.8 Å². The summed E-state index contributed by atoms with van der Waals surface area (Å²) in [6, 6.07) is 3.71. The van der Waals surface area contributed by atoms with E-state index in [4.69, 9.17) is 5.84 Å². The Morgan fingerprint density at radius 2 is 2.39 bits per heavy atom. The van der Waals surface area contributed by atoms with Crippen LogP contribution in [0.1, 0.15) is 30.0 Å². The first-order chi connectivity index (χ1) is 8.51. The van der Waals surface area contributed by atoms with Crippen LogP contribution in [-0.4, -0.2) is 31.5 Å². The third-order valence-electron chi connectivity index (χ3n) is 3.42. The summed E-state index contributed by atoms with van der Waals surface area (Å²) in [5.41, 5.74) is 4.86. The van der Waals surface area contributed by atoms with E-state index in [-0.39, 0.29) is 17.7 Å². The average molecular weight is 269 g/mol. The summed E-state index contributed by atoms with van der Waals surface area (Å²) in [5, 5.41) is 0. The van der Waals surface area contributed by atoms with E-state index in [1.54, 1.807) is 6.20 Å². The van der Waals surface area contributed by atoms with E-state index in [2.05, 4.69) is 16.5 Å². The molecule has 0 saturated heterocycles. The number of aromatic nitrogens is 1. The van der Waals surface area contributed by atoms with Crippen LogP contribution in [0.5, 0.6) is 0 Å². The molecule has 1 aliphatic carbocycles. The van der Waals surface area contributed by atoms with Gasteiger partial charge in [-0.2, -0.15) is 0 Å². The lowest BCUT2D eigenvalue weighted by molar-refractivity contribution is 0.412. The molecule has 0 amide bonds. The van der Waals surface area contributed by atoms with Crippen LogP contribution in [0.4, 0.5) is 0 Å². The Morgan fingerprint density at radius 3 is 3.06 bits per heavy atom. The van der Waals surface area contributed by atoms with Crippen LogP contribution in [-0.2, 0) is 16.3 Å². The summed E-state index contributed by atoms with van der Waals surface area (Å²) in [6.45, 7) is 0. The summed E-state index contributed by atoms with van der Waals surface area (Å²) >= 11 is 0. The first-order valence-corrected chi connectivity index (χ1v) is 8.15. The second-order valence-electron chi connectivity index (χ2n) is 4.91. The molecule has 0 bridgehead atoms. The predicted octanol–water partition coefficient (Wildman–Crippen LogP) is 0.378. The third-order valence-corrected chi connectivity index (χ3v) is 4.39. The van der Waals surface area contributed by atoms with Crippen LogP contribution in [0, 0.1) is 0 Å². The quantitative estimate of drug-likeness (QED) is 0.609. The van der Waals surface area contributed by atoms with E-state index in [0.717, 1.165) is 25.0 Å². The van der Waals surface area contributed by atoms with E-state index >= 15 is 0 Å². The minimum Gasteiger partial charge on any atom is -0.271 e. The van der Waals surface area contributed by atoms with Gasteiger partial charge in [-0.3, -0.25) is 16.3 Å². The highest BCUT2D eigenvalue weighted by Gasteiger charge is 2.30. The van der Waals surface area contributed by atoms with E-state index < -0.39 is 9.84 Å². The molecule has 1 aromatic rings. The van der Waals surface area contributed by atoms with Crippen molar-refractivity contribution in [1.82, 2.24) is 10.4 Å². The fourth-order valence-corrected chi connectivity index (χ4v) is 3.62. The molecule has 0 aromatic carbocycles. The van der Waals surface area contributed by atoms with Crippen molar-refractivity contribution in [2.75, 3.05) is 12.0 Å². The maximum atomic E-state index is 11.4. The molecule has 1 aromatic heterocycles. The Hall–Kier alpha value is -0.980. The molecule has 6 heteroatoms. The molecular weight excluding hydrogens is 250 g/mol. The average Bonchev–Trinajstić information content (AvgIpc) is 2.34. The van der Waals surface area contributed by atoms with Gasteiger partial charge in [0.05, 0.1) is 5.75 Å². The molecule has 5 nitrogen and oxygen atoms in total. The summed E-state index contributed by atoms with van der Waals surface area (Å²) < 4.78 is 22.9. The normalized spacial score (nSPS) is 21.3. The Kier molecular flexibility index (Phi) is 3.99. The van der Waals surface area contributed by atoms with Gasteiger partial charge in [0, 0.05) is 30.1 Å². The van der Waals surface area contributed by atoms with Crippen LogP contribution >= 0.6 is 0 Å². The fourth-order valence-electron chi connectivity index (χ4n) is 2.64. The van der Waals surface area contributed by atoms with Crippen molar-refractivity contribution in [1.29, 1.82) is 0 Å². The van der Waals surface area contributed by atoms with Crippen molar-refractivity contribution in [3.63, 3.8) is 0 Å². The maximum absolute atomic E-state index is 11.4. The molecule has 2 atom stereocenters. The number of aryl methyl sites for hydroxylation is 1. The Morgan fingerprint density at radius 1 is 1.61 bits per heavy atom. The smallest absolute Gasteiger partial charge is 0.149 e. The second kappa shape index (κ2) is 5.34. The number of nitrogens with zero attached hydrogens (tertiary/aromatic N) is 1. The van der Waals surface area contributed by atoms with Crippen LogP contribution in [0.15, 0.2) is 18.3 Å². The van der Waals surface area contributed by atoms with Gasteiger partial charge in [-0.15, -0.1) is 0 Å². The number of hydrazine groups is 1. The number of nitrogens with two attached hydrogens (primary N) is 1. The minimum atomic E-state index is -3.06. The molecular formula is C12H19N3O2S. The number of nitrogens with one attached hydrogen (secondary N) is 1. The van der Waals surface area contributed by atoms with Crippen molar-refractivity contribution >= 4 is 9.84 Å². The number of rotatable bonds is 4. The van der Waals surface area contributed by atoms with E-state index in [0.29, 0.717) is 0 Å². The zero-order valence-corrected chi connectivity index (χ0v) is 11.3. The molecule has 1 aliphatic rings. The maximum Gasteiger partial charge on any atom is 0.149 e. The summed E-state index contributed by atoms with van der Waals surface area (Å²) in [6.07, 6.45) is 5.97. The molecule has 0 fully saturated rings. The van der Waals surface area contributed by atoms with Gasteiger partial charge < -0.3 is 0 Å². The van der Waals surface area contributed by atoms with Gasteiger partial charge >= 0.3 is 0 Å². The molecule has 3 N–H and O–H groups in total. The number of pyridine rings is 1. The SMILES string of the molecule is CS(=O)(=O)CC(NN)C1CCCc2cccnc21. The predicted molar refractivity (Wildman–Crippen MR) is 70.7 cm³/mol. The van der Waals surface area contributed by atoms with Gasteiger partial charge in [0.15, 0.2) is 0 Å². The molecule has 0 aliphatic heterocycles. The largest absolute Gasteiger partial charge is 0.271 e. The summed E-state index contributed by atoms with van der Waals surface area (Å²) in [5.74, 6) is 5.65. The molecule has 100 valence electrons. The van der Waals surface area contributed by atoms with Gasteiger partial charge in [0.25, 0.3) is 0 Å². The van der Waals surface area contributed by atoms with Crippen LogP contribution in [0.2, 0.25) is 0 Å². The molecule has 0 saturated carbocycles. The number of hydrogen-bond donors (Lipinski definition) is 2. The topological polar surface area (TPSA) is 85.1 Å². The second-order valence-corrected chi connectivity index (χ2v) is 7.10. The lowest BCUT2D eigenvalue weighted by Gasteiger charge is -2.30. The monoisotopic (exact) mass is 269 g/mol. The summed E-state index contributed by atoms with van der Waals surface area (Å²) in [4.78, 5) is 4.41. The van der Waals surface area contributed by atoms with Crippen LogP contribution < -0.4 is 11.3 Å². The fraction of sp³-hybridized carbons (Fsp3) is 0.583.